The van der Waals surface area contributed by atoms with Crippen molar-refractivity contribution in [3.8, 4) is 22.3 Å². The molecule has 0 aliphatic carbocycles. The lowest BCUT2D eigenvalue weighted by atomic mass is 9.97. The Morgan fingerprint density at radius 1 is 0.370 bits per heavy atom. The zero-order valence-electron chi connectivity index (χ0n) is 25.1. The van der Waals surface area contributed by atoms with Crippen LogP contribution in [0.4, 0.5) is 17.1 Å². The van der Waals surface area contributed by atoms with Crippen molar-refractivity contribution >= 4 is 60.5 Å². The molecule has 9 rings (SSSR count). The van der Waals surface area contributed by atoms with Crippen molar-refractivity contribution in [3.05, 3.63) is 176 Å². The minimum atomic E-state index is 0.883. The van der Waals surface area contributed by atoms with Crippen molar-refractivity contribution < 1.29 is 4.42 Å². The highest BCUT2D eigenvalue weighted by Gasteiger charge is 2.20. The summed E-state index contributed by atoms with van der Waals surface area (Å²) in [5.74, 6) is 0. The van der Waals surface area contributed by atoms with Crippen LogP contribution in [0.3, 0.4) is 0 Å². The molecular weight excluding hydrogens is 558 g/mol. The second-order valence-electron chi connectivity index (χ2n) is 11.7. The maximum atomic E-state index is 6.49. The van der Waals surface area contributed by atoms with E-state index in [4.69, 9.17) is 4.42 Å². The van der Waals surface area contributed by atoms with Crippen molar-refractivity contribution in [2.75, 3.05) is 4.90 Å². The van der Waals surface area contributed by atoms with Crippen LogP contribution >= 0.6 is 0 Å². The molecule has 0 atom stereocenters. The van der Waals surface area contributed by atoms with Crippen molar-refractivity contribution in [2.45, 2.75) is 0 Å². The van der Waals surface area contributed by atoms with Crippen LogP contribution in [-0.2, 0) is 0 Å². The number of fused-ring (bicyclic) bond motifs is 6. The molecule has 2 heteroatoms. The van der Waals surface area contributed by atoms with Crippen molar-refractivity contribution in [2.24, 2.45) is 0 Å². The summed E-state index contributed by atoms with van der Waals surface area (Å²) < 4.78 is 6.49. The van der Waals surface area contributed by atoms with Gasteiger partial charge in [-0.1, -0.05) is 140 Å². The summed E-state index contributed by atoms with van der Waals surface area (Å²) >= 11 is 0. The largest absolute Gasteiger partial charge is 0.456 e. The topological polar surface area (TPSA) is 16.4 Å². The number of hydrogen-bond donors (Lipinski definition) is 0. The monoisotopic (exact) mass is 587 g/mol. The Balaban J connectivity index is 1.25. The zero-order chi connectivity index (χ0) is 30.5. The maximum Gasteiger partial charge on any atom is 0.138 e. The van der Waals surface area contributed by atoms with Crippen LogP contribution in [-0.4, -0.2) is 0 Å². The van der Waals surface area contributed by atoms with Crippen LogP contribution in [0.15, 0.2) is 180 Å². The molecule has 0 saturated carbocycles. The molecule has 216 valence electrons. The number of rotatable bonds is 5. The molecule has 9 aromatic rings. The third-order valence-electron chi connectivity index (χ3n) is 9.06. The van der Waals surface area contributed by atoms with Crippen molar-refractivity contribution in [1.29, 1.82) is 0 Å². The second kappa shape index (κ2) is 10.8. The van der Waals surface area contributed by atoms with E-state index in [1.165, 1.54) is 43.8 Å². The Hall–Kier alpha value is -6.12. The van der Waals surface area contributed by atoms with E-state index in [0.29, 0.717) is 0 Å². The van der Waals surface area contributed by atoms with Crippen LogP contribution in [0.5, 0.6) is 0 Å². The Morgan fingerprint density at radius 2 is 0.935 bits per heavy atom. The lowest BCUT2D eigenvalue weighted by molar-refractivity contribution is 0.669. The average molecular weight is 588 g/mol. The fourth-order valence-corrected chi connectivity index (χ4v) is 6.88. The van der Waals surface area contributed by atoms with Gasteiger partial charge in [0.15, 0.2) is 0 Å². The number of para-hydroxylation sites is 1. The first-order valence-corrected chi connectivity index (χ1v) is 15.7. The Morgan fingerprint density at radius 3 is 1.70 bits per heavy atom. The normalized spacial score (nSPS) is 11.5. The van der Waals surface area contributed by atoms with Gasteiger partial charge in [-0.15, -0.1) is 0 Å². The number of anilines is 3. The summed E-state index contributed by atoms with van der Waals surface area (Å²) in [7, 11) is 0. The highest BCUT2D eigenvalue weighted by molar-refractivity contribution is 6.22. The van der Waals surface area contributed by atoms with E-state index in [-0.39, 0.29) is 0 Å². The molecule has 0 fully saturated rings. The molecule has 0 spiro atoms. The third-order valence-corrected chi connectivity index (χ3v) is 9.06. The van der Waals surface area contributed by atoms with E-state index in [9.17, 15) is 0 Å². The minimum Gasteiger partial charge on any atom is -0.456 e. The molecule has 1 aromatic heterocycles. The van der Waals surface area contributed by atoms with Gasteiger partial charge in [0.05, 0.1) is 5.69 Å². The van der Waals surface area contributed by atoms with Gasteiger partial charge in [0.1, 0.15) is 11.2 Å². The predicted octanol–water partition coefficient (Wildman–Crippen LogP) is 12.7. The van der Waals surface area contributed by atoms with E-state index < -0.39 is 0 Å². The predicted molar refractivity (Wildman–Crippen MR) is 194 cm³/mol. The van der Waals surface area contributed by atoms with Gasteiger partial charge in [0.2, 0.25) is 0 Å². The van der Waals surface area contributed by atoms with Gasteiger partial charge in [-0.2, -0.15) is 0 Å². The van der Waals surface area contributed by atoms with Gasteiger partial charge < -0.3 is 9.32 Å². The van der Waals surface area contributed by atoms with Gasteiger partial charge in [-0.05, 0) is 68.7 Å². The highest BCUT2D eigenvalue weighted by Crippen LogP contribution is 2.45. The molecule has 0 N–H and O–H groups in total. The second-order valence-corrected chi connectivity index (χ2v) is 11.7. The van der Waals surface area contributed by atoms with Gasteiger partial charge in [-0.25, -0.2) is 0 Å². The lowest BCUT2D eigenvalue weighted by Gasteiger charge is -2.27. The SMILES string of the molecule is c1ccc(-c2ccc(N(c3ccc(-c4cccc5ccccc45)cc3)c3cc4oc5ccccc5c4c4ccccc34)cc2)cc1. The van der Waals surface area contributed by atoms with Crippen molar-refractivity contribution in [1.82, 2.24) is 0 Å². The van der Waals surface area contributed by atoms with Crippen LogP contribution in [0, 0.1) is 0 Å². The molecule has 8 aromatic carbocycles. The van der Waals surface area contributed by atoms with Crippen LogP contribution in [0.2, 0.25) is 0 Å². The molecule has 1 heterocycles. The molecule has 0 aliphatic heterocycles. The standard InChI is InChI=1S/C44H29NO/c1-2-11-30(12-3-1)31-21-25-34(26-22-31)45(35-27-23-33(24-28-35)37-19-10-14-32-13-4-5-15-36(32)37)41-29-43-44(39-17-7-6-16-38(39)41)40-18-8-9-20-42(40)46-43/h1-29H. The van der Waals surface area contributed by atoms with E-state index >= 15 is 0 Å². The van der Waals surface area contributed by atoms with Gasteiger partial charge in [0.25, 0.3) is 0 Å². The minimum absolute atomic E-state index is 0.883. The molecule has 0 amide bonds. The molecule has 46 heavy (non-hydrogen) atoms. The molecular formula is C44H29NO. The summed E-state index contributed by atoms with van der Waals surface area (Å²) in [6.45, 7) is 0. The quantitative estimate of drug-likeness (QED) is 0.199. The maximum absolute atomic E-state index is 6.49. The molecule has 2 nitrogen and oxygen atoms in total. The van der Waals surface area contributed by atoms with E-state index in [0.717, 1.165) is 39.0 Å². The van der Waals surface area contributed by atoms with Crippen molar-refractivity contribution in [3.63, 3.8) is 0 Å². The number of nitrogens with zero attached hydrogens (tertiary/aromatic N) is 1. The van der Waals surface area contributed by atoms with Crippen LogP contribution in [0.25, 0.3) is 65.7 Å². The molecule has 0 bridgehead atoms. The first kappa shape index (κ1) is 26.3. The summed E-state index contributed by atoms with van der Waals surface area (Å²) in [4.78, 5) is 2.36. The van der Waals surface area contributed by atoms with Gasteiger partial charge >= 0.3 is 0 Å². The first-order chi connectivity index (χ1) is 22.8. The number of benzene rings is 8. The molecule has 0 saturated heterocycles. The van der Waals surface area contributed by atoms with Gasteiger partial charge in [-0.3, -0.25) is 0 Å². The highest BCUT2D eigenvalue weighted by atomic mass is 16.3. The first-order valence-electron chi connectivity index (χ1n) is 15.7. The van der Waals surface area contributed by atoms with Crippen LogP contribution < -0.4 is 4.90 Å². The molecule has 0 unspecified atom stereocenters. The summed E-state index contributed by atoms with van der Waals surface area (Å²) in [6, 6.07) is 62.7. The van der Waals surface area contributed by atoms with E-state index in [1.54, 1.807) is 0 Å². The zero-order valence-corrected chi connectivity index (χ0v) is 25.1. The van der Waals surface area contributed by atoms with E-state index in [1.807, 2.05) is 6.07 Å². The Bertz CT molecular complexity index is 2500. The number of furan rings is 1. The smallest absolute Gasteiger partial charge is 0.138 e. The summed E-state index contributed by atoms with van der Waals surface area (Å²) in [5, 5.41) is 7.14. The molecule has 0 aliphatic rings. The Kier molecular flexibility index (Phi) is 6.17. The fourth-order valence-electron chi connectivity index (χ4n) is 6.88. The summed E-state index contributed by atoms with van der Waals surface area (Å²) in [5.41, 5.74) is 9.84. The summed E-state index contributed by atoms with van der Waals surface area (Å²) in [6.07, 6.45) is 0. The number of hydrogen-bond acceptors (Lipinski definition) is 2. The molecule has 0 radical (unpaired) electrons. The third kappa shape index (κ3) is 4.35. The van der Waals surface area contributed by atoms with Crippen LogP contribution in [0.1, 0.15) is 0 Å². The van der Waals surface area contributed by atoms with Gasteiger partial charge in [0, 0.05) is 33.6 Å². The Labute approximate surface area is 267 Å². The lowest BCUT2D eigenvalue weighted by Crippen LogP contribution is -2.10. The average Bonchev–Trinajstić information content (AvgIpc) is 3.51. The fraction of sp³-hybridized carbons (Fsp3) is 0. The van der Waals surface area contributed by atoms with E-state index in [2.05, 4.69) is 175 Å².